The SMILES string of the molecule is CNC(=O)c1cccc(CS(=O)(=O)c2ccc(C(=O)NCCCc3cn[nH]c3)cc2C#Cc2ccc(F)cc2)c1. The van der Waals surface area contributed by atoms with E-state index in [0.29, 0.717) is 29.7 Å². The predicted molar refractivity (Wildman–Crippen MR) is 149 cm³/mol. The normalized spacial score (nSPS) is 10.8. The molecule has 0 bridgehead atoms. The Labute approximate surface area is 231 Å². The smallest absolute Gasteiger partial charge is 0.251 e. The van der Waals surface area contributed by atoms with Crippen molar-refractivity contribution >= 4 is 21.7 Å². The van der Waals surface area contributed by atoms with Crippen LogP contribution in [0, 0.1) is 17.7 Å². The Morgan fingerprint density at radius 2 is 1.73 bits per heavy atom. The lowest BCUT2D eigenvalue weighted by molar-refractivity contribution is 0.0948. The topological polar surface area (TPSA) is 121 Å². The van der Waals surface area contributed by atoms with Gasteiger partial charge < -0.3 is 10.6 Å². The highest BCUT2D eigenvalue weighted by atomic mass is 32.2. The van der Waals surface area contributed by atoms with E-state index in [9.17, 15) is 22.4 Å². The third-order valence-electron chi connectivity index (χ3n) is 6.02. The summed E-state index contributed by atoms with van der Waals surface area (Å²) in [5, 5.41) is 12.0. The molecule has 0 atom stereocenters. The lowest BCUT2D eigenvalue weighted by Crippen LogP contribution is -2.25. The molecular weight excluding hydrogens is 531 g/mol. The third-order valence-corrected chi connectivity index (χ3v) is 7.76. The highest BCUT2D eigenvalue weighted by Gasteiger charge is 2.21. The molecule has 0 aliphatic heterocycles. The molecule has 10 heteroatoms. The Morgan fingerprint density at radius 3 is 2.45 bits per heavy atom. The summed E-state index contributed by atoms with van der Waals surface area (Å²) in [6.07, 6.45) is 4.96. The Hall–Kier alpha value is -4.75. The van der Waals surface area contributed by atoms with Gasteiger partial charge in [0.1, 0.15) is 5.82 Å². The van der Waals surface area contributed by atoms with Crippen LogP contribution in [-0.2, 0) is 22.0 Å². The summed E-state index contributed by atoms with van der Waals surface area (Å²) in [6, 6.07) is 16.1. The van der Waals surface area contributed by atoms with Gasteiger partial charge in [0.05, 0.1) is 16.8 Å². The molecule has 4 aromatic rings. The zero-order valence-electron chi connectivity index (χ0n) is 21.7. The summed E-state index contributed by atoms with van der Waals surface area (Å²) in [5.74, 6) is 4.23. The summed E-state index contributed by atoms with van der Waals surface area (Å²) in [4.78, 5) is 24.8. The van der Waals surface area contributed by atoms with Gasteiger partial charge in [-0.05, 0) is 78.6 Å². The van der Waals surface area contributed by atoms with Crippen LogP contribution in [0.15, 0.2) is 84.0 Å². The van der Waals surface area contributed by atoms with Crippen LogP contribution in [0.5, 0.6) is 0 Å². The van der Waals surface area contributed by atoms with Gasteiger partial charge >= 0.3 is 0 Å². The van der Waals surface area contributed by atoms with Gasteiger partial charge in [-0.1, -0.05) is 24.0 Å². The monoisotopic (exact) mass is 558 g/mol. The van der Waals surface area contributed by atoms with Crippen molar-refractivity contribution in [2.24, 2.45) is 0 Å². The number of H-pyrrole nitrogens is 1. The number of hydrogen-bond donors (Lipinski definition) is 3. The maximum absolute atomic E-state index is 13.5. The van der Waals surface area contributed by atoms with Gasteiger partial charge in [-0.15, -0.1) is 0 Å². The molecule has 0 radical (unpaired) electrons. The van der Waals surface area contributed by atoms with Gasteiger partial charge in [0.25, 0.3) is 11.8 Å². The summed E-state index contributed by atoms with van der Waals surface area (Å²) < 4.78 is 40.3. The Morgan fingerprint density at radius 1 is 0.950 bits per heavy atom. The fraction of sp³-hybridized carbons (Fsp3) is 0.167. The summed E-state index contributed by atoms with van der Waals surface area (Å²) in [5.41, 5.74) is 2.68. The van der Waals surface area contributed by atoms with Crippen molar-refractivity contribution in [1.29, 1.82) is 0 Å². The maximum atomic E-state index is 13.5. The molecule has 1 aromatic heterocycles. The molecule has 40 heavy (non-hydrogen) atoms. The van der Waals surface area contributed by atoms with E-state index in [0.717, 1.165) is 12.0 Å². The third kappa shape index (κ3) is 7.42. The van der Waals surface area contributed by atoms with Crippen LogP contribution in [0.1, 0.15) is 49.4 Å². The van der Waals surface area contributed by atoms with Crippen LogP contribution >= 0.6 is 0 Å². The number of amides is 2. The van der Waals surface area contributed by atoms with E-state index in [-0.39, 0.29) is 33.6 Å². The number of aryl methyl sites for hydroxylation is 1. The molecule has 0 aliphatic rings. The Balaban J connectivity index is 1.61. The van der Waals surface area contributed by atoms with Gasteiger partial charge in [-0.3, -0.25) is 14.7 Å². The van der Waals surface area contributed by atoms with Gasteiger partial charge in [0, 0.05) is 42.0 Å². The molecule has 0 aliphatic carbocycles. The lowest BCUT2D eigenvalue weighted by Gasteiger charge is -2.11. The average Bonchev–Trinajstić information content (AvgIpc) is 3.48. The number of aromatic nitrogens is 2. The van der Waals surface area contributed by atoms with Gasteiger partial charge in [0.15, 0.2) is 9.84 Å². The molecule has 2 amide bonds. The Kier molecular flexibility index (Phi) is 9.09. The number of halogens is 1. The molecule has 8 nitrogen and oxygen atoms in total. The van der Waals surface area contributed by atoms with Crippen molar-refractivity contribution < 1.29 is 22.4 Å². The number of nitrogens with zero attached hydrogens (tertiary/aromatic N) is 1. The van der Waals surface area contributed by atoms with E-state index in [1.54, 1.807) is 30.6 Å². The van der Waals surface area contributed by atoms with Crippen LogP contribution in [0.3, 0.4) is 0 Å². The van der Waals surface area contributed by atoms with Gasteiger partial charge in [-0.25, -0.2) is 12.8 Å². The van der Waals surface area contributed by atoms with E-state index < -0.39 is 15.7 Å². The summed E-state index contributed by atoms with van der Waals surface area (Å²) in [7, 11) is -2.43. The summed E-state index contributed by atoms with van der Waals surface area (Å²) >= 11 is 0. The number of aromatic amines is 1. The zero-order chi connectivity index (χ0) is 28.5. The Bertz CT molecular complexity index is 1670. The van der Waals surface area contributed by atoms with E-state index in [2.05, 4.69) is 32.7 Å². The second-order valence-corrected chi connectivity index (χ2v) is 10.9. The summed E-state index contributed by atoms with van der Waals surface area (Å²) in [6.45, 7) is 0.419. The number of carbonyl (C=O) groups excluding carboxylic acids is 2. The highest BCUT2D eigenvalue weighted by molar-refractivity contribution is 7.90. The minimum Gasteiger partial charge on any atom is -0.355 e. The number of nitrogens with one attached hydrogen (secondary N) is 3. The number of sulfone groups is 1. The molecule has 0 unspecified atom stereocenters. The predicted octanol–water partition coefficient (Wildman–Crippen LogP) is 3.64. The minimum absolute atomic E-state index is 0.0519. The van der Waals surface area contributed by atoms with Crippen molar-refractivity contribution in [2.45, 2.75) is 23.5 Å². The van der Waals surface area contributed by atoms with Crippen LogP contribution < -0.4 is 10.6 Å². The first-order valence-corrected chi connectivity index (χ1v) is 14.1. The van der Waals surface area contributed by atoms with E-state index in [1.165, 1.54) is 55.6 Å². The average molecular weight is 559 g/mol. The second kappa shape index (κ2) is 12.9. The molecule has 1 heterocycles. The van der Waals surface area contributed by atoms with Crippen molar-refractivity contribution in [3.8, 4) is 11.8 Å². The molecule has 3 N–H and O–H groups in total. The van der Waals surface area contributed by atoms with Crippen molar-refractivity contribution in [3.63, 3.8) is 0 Å². The highest BCUT2D eigenvalue weighted by Crippen LogP contribution is 2.23. The standard InChI is InChI=1S/C30H27FN4O4S/c1-32-29(36)25-6-2-4-22(16-25)20-40(38,39)28-14-11-26(30(37)33-15-3-5-23-18-34-35-19-23)17-24(28)10-7-21-8-12-27(31)13-9-21/h2,4,6,8-9,11-14,16-19H,3,5,15,20H2,1H3,(H,32,36)(H,33,37)(H,34,35). The zero-order valence-corrected chi connectivity index (χ0v) is 22.5. The van der Waals surface area contributed by atoms with Crippen molar-refractivity contribution in [2.75, 3.05) is 13.6 Å². The molecule has 0 spiro atoms. The van der Waals surface area contributed by atoms with Gasteiger partial charge in [-0.2, -0.15) is 5.10 Å². The number of hydrogen-bond acceptors (Lipinski definition) is 5. The van der Waals surface area contributed by atoms with Crippen molar-refractivity contribution in [1.82, 2.24) is 20.8 Å². The molecule has 0 saturated carbocycles. The quantitative estimate of drug-likeness (QED) is 0.214. The molecule has 0 fully saturated rings. The van der Waals surface area contributed by atoms with E-state index in [4.69, 9.17) is 0 Å². The molecule has 3 aromatic carbocycles. The van der Waals surface area contributed by atoms with Crippen LogP contribution in [0.2, 0.25) is 0 Å². The molecule has 204 valence electrons. The lowest BCUT2D eigenvalue weighted by atomic mass is 10.1. The van der Waals surface area contributed by atoms with E-state index >= 15 is 0 Å². The largest absolute Gasteiger partial charge is 0.355 e. The first-order chi connectivity index (χ1) is 19.2. The first-order valence-electron chi connectivity index (χ1n) is 12.5. The first kappa shape index (κ1) is 28.3. The van der Waals surface area contributed by atoms with Crippen LogP contribution in [0.4, 0.5) is 4.39 Å². The fourth-order valence-electron chi connectivity index (χ4n) is 3.97. The maximum Gasteiger partial charge on any atom is 0.251 e. The van der Waals surface area contributed by atoms with E-state index in [1.807, 2.05) is 0 Å². The van der Waals surface area contributed by atoms with Gasteiger partial charge in [0.2, 0.25) is 0 Å². The number of benzene rings is 3. The molecular formula is C30H27FN4O4S. The fourth-order valence-corrected chi connectivity index (χ4v) is 5.46. The van der Waals surface area contributed by atoms with Crippen molar-refractivity contribution in [3.05, 3.63) is 118 Å². The molecule has 4 rings (SSSR count). The minimum atomic E-state index is -3.93. The second-order valence-electron chi connectivity index (χ2n) is 8.97. The van der Waals surface area contributed by atoms with Crippen LogP contribution in [0.25, 0.3) is 0 Å². The number of carbonyl (C=O) groups is 2. The molecule has 0 saturated heterocycles. The van der Waals surface area contributed by atoms with Crippen LogP contribution in [-0.4, -0.2) is 44.0 Å². The number of rotatable bonds is 9.